The monoisotopic (exact) mass is 340 g/mol. The molecule has 3 aromatic rings. The minimum atomic E-state index is -0.196. The number of benzene rings is 3. The summed E-state index contributed by atoms with van der Waals surface area (Å²) in [6.45, 7) is 0. The maximum Gasteiger partial charge on any atom is 0.282 e. The molecule has 0 aliphatic carbocycles. The van der Waals surface area contributed by atoms with E-state index in [0.717, 1.165) is 11.1 Å². The Morgan fingerprint density at radius 1 is 0.808 bits per heavy atom. The minimum absolute atomic E-state index is 0.152. The zero-order valence-electron chi connectivity index (χ0n) is 13.9. The number of aromatic hydroxyl groups is 1. The van der Waals surface area contributed by atoms with E-state index in [1.54, 1.807) is 35.2 Å². The van der Waals surface area contributed by atoms with Crippen molar-refractivity contribution in [3.63, 3.8) is 0 Å². The van der Waals surface area contributed by atoms with Crippen LogP contribution in [-0.2, 0) is 4.79 Å². The van der Waals surface area contributed by atoms with Crippen LogP contribution in [0.15, 0.2) is 95.6 Å². The van der Waals surface area contributed by atoms with Crippen molar-refractivity contribution >= 4 is 23.5 Å². The van der Waals surface area contributed by atoms with Gasteiger partial charge in [0, 0.05) is 5.56 Å². The van der Waals surface area contributed by atoms with E-state index in [0.29, 0.717) is 17.2 Å². The van der Waals surface area contributed by atoms with E-state index >= 15 is 0 Å². The lowest BCUT2D eigenvalue weighted by atomic mass is 10.1. The van der Waals surface area contributed by atoms with Gasteiger partial charge in [-0.15, -0.1) is 0 Å². The first kappa shape index (κ1) is 15.8. The summed E-state index contributed by atoms with van der Waals surface area (Å²) in [7, 11) is 0. The fraction of sp³-hybridized carbons (Fsp3) is 0. The van der Waals surface area contributed by atoms with Gasteiger partial charge in [0.05, 0.1) is 5.69 Å². The van der Waals surface area contributed by atoms with Crippen LogP contribution in [0.2, 0.25) is 0 Å². The predicted octanol–water partition coefficient (Wildman–Crippen LogP) is 4.23. The summed E-state index contributed by atoms with van der Waals surface area (Å²) in [5.74, 6) is 0.528. The van der Waals surface area contributed by atoms with E-state index in [2.05, 4.69) is 4.99 Å². The number of carbonyl (C=O) groups excluding carboxylic acids is 1. The fourth-order valence-corrected chi connectivity index (χ4v) is 2.85. The fourth-order valence-electron chi connectivity index (χ4n) is 2.85. The zero-order valence-corrected chi connectivity index (χ0v) is 13.9. The Morgan fingerprint density at radius 3 is 2.08 bits per heavy atom. The molecule has 1 aliphatic rings. The highest BCUT2D eigenvalue weighted by Crippen LogP contribution is 2.28. The van der Waals surface area contributed by atoms with Crippen LogP contribution in [0.25, 0.3) is 6.08 Å². The van der Waals surface area contributed by atoms with Gasteiger partial charge in [-0.05, 0) is 35.9 Å². The third-order valence-corrected chi connectivity index (χ3v) is 4.10. The summed E-state index contributed by atoms with van der Waals surface area (Å²) in [5.41, 5.74) is 2.81. The van der Waals surface area contributed by atoms with Crippen molar-refractivity contribution in [2.45, 2.75) is 0 Å². The van der Waals surface area contributed by atoms with E-state index in [1.807, 2.05) is 60.7 Å². The number of phenols is 1. The Morgan fingerprint density at radius 2 is 1.42 bits per heavy atom. The van der Waals surface area contributed by atoms with Crippen LogP contribution in [-0.4, -0.2) is 16.8 Å². The molecule has 0 bridgehead atoms. The number of amidine groups is 1. The lowest BCUT2D eigenvalue weighted by Crippen LogP contribution is -2.32. The second-order valence-corrected chi connectivity index (χ2v) is 5.90. The SMILES string of the molecule is O=C1/C(=C/c2ccccc2)N=C(c2ccccc2)N1c1ccc(O)cc1. The molecule has 1 aliphatic heterocycles. The first-order valence-corrected chi connectivity index (χ1v) is 8.27. The van der Waals surface area contributed by atoms with E-state index < -0.39 is 0 Å². The number of amides is 1. The number of hydrogen-bond acceptors (Lipinski definition) is 3. The van der Waals surface area contributed by atoms with Crippen molar-refractivity contribution < 1.29 is 9.90 Å². The Balaban J connectivity index is 1.82. The molecule has 126 valence electrons. The predicted molar refractivity (Wildman–Crippen MR) is 103 cm³/mol. The molecule has 4 nitrogen and oxygen atoms in total. The van der Waals surface area contributed by atoms with E-state index in [9.17, 15) is 9.90 Å². The molecule has 1 heterocycles. The van der Waals surface area contributed by atoms with Crippen molar-refractivity contribution in [3.8, 4) is 5.75 Å². The Bertz CT molecular complexity index is 991. The van der Waals surface area contributed by atoms with Gasteiger partial charge in [-0.3, -0.25) is 9.69 Å². The minimum Gasteiger partial charge on any atom is -0.508 e. The third kappa shape index (κ3) is 3.00. The topological polar surface area (TPSA) is 52.9 Å². The molecule has 1 amide bonds. The quantitative estimate of drug-likeness (QED) is 0.726. The normalized spacial score (nSPS) is 15.4. The van der Waals surface area contributed by atoms with Gasteiger partial charge >= 0.3 is 0 Å². The Hall–Kier alpha value is -3.66. The number of anilines is 1. The maximum absolute atomic E-state index is 13.1. The number of nitrogens with zero attached hydrogens (tertiary/aromatic N) is 2. The zero-order chi connectivity index (χ0) is 17.9. The van der Waals surface area contributed by atoms with Crippen LogP contribution >= 0.6 is 0 Å². The number of phenolic OH excluding ortho intramolecular Hbond substituents is 1. The van der Waals surface area contributed by atoms with Crippen molar-refractivity contribution in [1.29, 1.82) is 0 Å². The first-order valence-electron chi connectivity index (χ1n) is 8.27. The van der Waals surface area contributed by atoms with E-state index in [4.69, 9.17) is 0 Å². The van der Waals surface area contributed by atoms with E-state index in [1.165, 1.54) is 0 Å². The van der Waals surface area contributed by atoms with Gasteiger partial charge in [0.15, 0.2) is 0 Å². The molecule has 0 saturated heterocycles. The van der Waals surface area contributed by atoms with Crippen LogP contribution in [0.3, 0.4) is 0 Å². The van der Waals surface area contributed by atoms with Gasteiger partial charge in [0.1, 0.15) is 17.3 Å². The van der Waals surface area contributed by atoms with Crippen LogP contribution in [0.4, 0.5) is 5.69 Å². The molecule has 0 saturated carbocycles. The molecule has 0 aromatic heterocycles. The smallest absolute Gasteiger partial charge is 0.282 e. The summed E-state index contributed by atoms with van der Waals surface area (Å²) in [6, 6.07) is 25.8. The molecule has 1 N–H and O–H groups in total. The Kier molecular flexibility index (Phi) is 4.07. The molecular weight excluding hydrogens is 324 g/mol. The molecule has 4 heteroatoms. The van der Waals surface area contributed by atoms with Gasteiger partial charge in [0.25, 0.3) is 5.91 Å². The third-order valence-electron chi connectivity index (χ3n) is 4.10. The molecule has 0 fully saturated rings. The highest BCUT2D eigenvalue weighted by molar-refractivity contribution is 6.33. The summed E-state index contributed by atoms with van der Waals surface area (Å²) in [5, 5.41) is 9.55. The molecule has 0 atom stereocenters. The largest absolute Gasteiger partial charge is 0.508 e. The van der Waals surface area contributed by atoms with Gasteiger partial charge in [-0.2, -0.15) is 0 Å². The Labute approximate surface area is 151 Å². The second kappa shape index (κ2) is 6.69. The summed E-state index contributed by atoms with van der Waals surface area (Å²) >= 11 is 0. The molecule has 4 rings (SSSR count). The maximum atomic E-state index is 13.1. The lowest BCUT2D eigenvalue weighted by Gasteiger charge is -2.18. The second-order valence-electron chi connectivity index (χ2n) is 5.90. The highest BCUT2D eigenvalue weighted by Gasteiger charge is 2.32. The number of carbonyl (C=O) groups is 1. The van der Waals surface area contributed by atoms with Gasteiger partial charge in [0.2, 0.25) is 0 Å². The van der Waals surface area contributed by atoms with Gasteiger partial charge < -0.3 is 5.11 Å². The van der Waals surface area contributed by atoms with Crippen molar-refractivity contribution in [2.24, 2.45) is 4.99 Å². The number of hydrogen-bond donors (Lipinski definition) is 1. The van der Waals surface area contributed by atoms with Gasteiger partial charge in [-0.1, -0.05) is 60.7 Å². The van der Waals surface area contributed by atoms with Crippen molar-refractivity contribution in [2.75, 3.05) is 4.90 Å². The molecule has 0 unspecified atom stereocenters. The van der Waals surface area contributed by atoms with Gasteiger partial charge in [-0.25, -0.2) is 4.99 Å². The molecule has 0 radical (unpaired) electrons. The lowest BCUT2D eigenvalue weighted by molar-refractivity contribution is -0.113. The first-order chi connectivity index (χ1) is 12.7. The van der Waals surface area contributed by atoms with Crippen LogP contribution < -0.4 is 4.90 Å². The standard InChI is InChI=1S/C22H16N2O2/c25-19-13-11-18(12-14-19)24-21(17-9-5-2-6-10-17)23-20(22(24)26)15-16-7-3-1-4-8-16/h1-15,25H/b20-15-. The highest BCUT2D eigenvalue weighted by atomic mass is 16.3. The van der Waals surface area contributed by atoms with Crippen molar-refractivity contribution in [1.82, 2.24) is 0 Å². The average molecular weight is 340 g/mol. The summed E-state index contributed by atoms with van der Waals surface area (Å²) in [6.07, 6.45) is 1.78. The molecule has 0 spiro atoms. The van der Waals surface area contributed by atoms with E-state index in [-0.39, 0.29) is 11.7 Å². The molecular formula is C22H16N2O2. The molecule has 3 aromatic carbocycles. The average Bonchev–Trinajstić information content (AvgIpc) is 3.00. The molecule has 26 heavy (non-hydrogen) atoms. The van der Waals surface area contributed by atoms with Crippen LogP contribution in [0.1, 0.15) is 11.1 Å². The number of aliphatic imine (C=N–C) groups is 1. The number of rotatable bonds is 3. The summed E-state index contributed by atoms with van der Waals surface area (Å²) in [4.78, 5) is 19.2. The van der Waals surface area contributed by atoms with Crippen LogP contribution in [0, 0.1) is 0 Å². The van der Waals surface area contributed by atoms with Crippen molar-refractivity contribution in [3.05, 3.63) is 102 Å². The summed E-state index contributed by atoms with van der Waals surface area (Å²) < 4.78 is 0. The van der Waals surface area contributed by atoms with Crippen LogP contribution in [0.5, 0.6) is 5.75 Å².